The molecular formula is C20H20ClNO2. The van der Waals surface area contributed by atoms with E-state index < -0.39 is 0 Å². The number of amides is 1. The molecule has 1 heterocycles. The van der Waals surface area contributed by atoms with Crippen molar-refractivity contribution >= 4 is 23.2 Å². The zero-order chi connectivity index (χ0) is 16.9. The summed E-state index contributed by atoms with van der Waals surface area (Å²) in [7, 11) is 1.70. The lowest BCUT2D eigenvalue weighted by Crippen LogP contribution is -2.39. The van der Waals surface area contributed by atoms with E-state index in [0.717, 1.165) is 30.7 Å². The van der Waals surface area contributed by atoms with Crippen LogP contribution in [0.25, 0.3) is 0 Å². The molecule has 0 aromatic heterocycles. The van der Waals surface area contributed by atoms with Gasteiger partial charge >= 0.3 is 0 Å². The minimum Gasteiger partial charge on any atom is -0.497 e. The normalized spacial score (nSPS) is 21.5. The van der Waals surface area contributed by atoms with Gasteiger partial charge in [0.2, 0.25) is 5.91 Å². The lowest BCUT2D eigenvalue weighted by atomic mass is 9.67. The lowest BCUT2D eigenvalue weighted by Gasteiger charge is -2.37. The number of methoxy groups -OCH3 is 1. The Kier molecular flexibility index (Phi) is 3.57. The summed E-state index contributed by atoms with van der Waals surface area (Å²) >= 11 is 6.21. The summed E-state index contributed by atoms with van der Waals surface area (Å²) < 4.78 is 5.39. The molecule has 1 aliphatic carbocycles. The fourth-order valence-corrected chi connectivity index (χ4v) is 4.55. The highest BCUT2D eigenvalue weighted by Gasteiger charge is 2.47. The van der Waals surface area contributed by atoms with E-state index in [1.165, 1.54) is 16.7 Å². The SMILES string of the molecule is COc1ccc2c(c1)CCCC21CN(C(C)=O)c2cc(Cl)ccc21. The van der Waals surface area contributed by atoms with Gasteiger partial charge in [0.25, 0.3) is 0 Å². The summed E-state index contributed by atoms with van der Waals surface area (Å²) in [5.74, 6) is 0.958. The number of carbonyl (C=O) groups is 1. The number of aryl methyl sites for hydroxylation is 1. The van der Waals surface area contributed by atoms with Gasteiger partial charge in [-0.15, -0.1) is 0 Å². The monoisotopic (exact) mass is 341 g/mol. The van der Waals surface area contributed by atoms with Crippen LogP contribution in [0.5, 0.6) is 5.75 Å². The van der Waals surface area contributed by atoms with Crippen LogP contribution in [0.3, 0.4) is 0 Å². The van der Waals surface area contributed by atoms with Crippen LogP contribution in [0.15, 0.2) is 36.4 Å². The Balaban J connectivity index is 1.93. The smallest absolute Gasteiger partial charge is 0.223 e. The lowest BCUT2D eigenvalue weighted by molar-refractivity contribution is -0.116. The van der Waals surface area contributed by atoms with Crippen molar-refractivity contribution in [2.45, 2.75) is 31.6 Å². The second-order valence-corrected chi connectivity index (χ2v) is 7.16. The van der Waals surface area contributed by atoms with Crippen LogP contribution in [0, 0.1) is 0 Å². The van der Waals surface area contributed by atoms with Gasteiger partial charge in [0.1, 0.15) is 5.75 Å². The number of nitrogens with zero attached hydrogens (tertiary/aromatic N) is 1. The zero-order valence-corrected chi connectivity index (χ0v) is 14.7. The summed E-state index contributed by atoms with van der Waals surface area (Å²) in [5.41, 5.74) is 4.69. The summed E-state index contributed by atoms with van der Waals surface area (Å²) in [6, 6.07) is 12.3. The van der Waals surface area contributed by atoms with Gasteiger partial charge in [-0.05, 0) is 60.2 Å². The van der Waals surface area contributed by atoms with Gasteiger partial charge in [0, 0.05) is 29.6 Å². The average Bonchev–Trinajstić information content (AvgIpc) is 2.89. The maximum Gasteiger partial charge on any atom is 0.223 e. The van der Waals surface area contributed by atoms with Gasteiger partial charge < -0.3 is 9.64 Å². The summed E-state index contributed by atoms with van der Waals surface area (Å²) in [4.78, 5) is 14.1. The van der Waals surface area contributed by atoms with E-state index in [9.17, 15) is 4.79 Å². The van der Waals surface area contributed by atoms with Gasteiger partial charge in [-0.1, -0.05) is 23.7 Å². The minimum absolute atomic E-state index is 0.0658. The number of rotatable bonds is 1. The summed E-state index contributed by atoms with van der Waals surface area (Å²) in [5, 5.41) is 0.669. The molecule has 0 radical (unpaired) electrons. The van der Waals surface area contributed by atoms with E-state index in [-0.39, 0.29) is 11.3 Å². The van der Waals surface area contributed by atoms with Crippen LogP contribution in [0.4, 0.5) is 5.69 Å². The van der Waals surface area contributed by atoms with Gasteiger partial charge in [0.05, 0.1) is 7.11 Å². The molecule has 2 aliphatic rings. The van der Waals surface area contributed by atoms with E-state index in [2.05, 4.69) is 18.2 Å². The van der Waals surface area contributed by atoms with E-state index in [4.69, 9.17) is 16.3 Å². The Morgan fingerprint density at radius 1 is 1.21 bits per heavy atom. The van der Waals surface area contributed by atoms with Crippen molar-refractivity contribution in [3.05, 3.63) is 58.1 Å². The molecular weight excluding hydrogens is 322 g/mol. The molecule has 1 aliphatic heterocycles. The molecule has 4 heteroatoms. The van der Waals surface area contributed by atoms with Crippen molar-refractivity contribution in [1.29, 1.82) is 0 Å². The van der Waals surface area contributed by atoms with E-state index >= 15 is 0 Å². The molecule has 0 bridgehead atoms. The van der Waals surface area contributed by atoms with Crippen molar-refractivity contribution in [3.8, 4) is 5.75 Å². The highest BCUT2D eigenvalue weighted by molar-refractivity contribution is 6.31. The quantitative estimate of drug-likeness (QED) is 0.772. The third kappa shape index (κ3) is 2.15. The van der Waals surface area contributed by atoms with Crippen LogP contribution in [-0.2, 0) is 16.6 Å². The number of fused-ring (bicyclic) bond motifs is 4. The van der Waals surface area contributed by atoms with Gasteiger partial charge in [-0.2, -0.15) is 0 Å². The van der Waals surface area contributed by atoms with Gasteiger partial charge in [-0.3, -0.25) is 4.79 Å². The molecule has 0 N–H and O–H groups in total. The zero-order valence-electron chi connectivity index (χ0n) is 13.9. The predicted molar refractivity (Wildman–Crippen MR) is 96.2 cm³/mol. The molecule has 4 rings (SSSR count). The van der Waals surface area contributed by atoms with Crippen LogP contribution in [0.2, 0.25) is 5.02 Å². The standard InChI is InChI=1S/C20H20ClNO2/c1-13(23)22-12-20(18-7-5-15(21)11-19(18)22)9-3-4-14-10-16(24-2)6-8-17(14)20/h5-8,10-11H,3-4,9,12H2,1-2H3. The first kappa shape index (κ1) is 15.5. The number of anilines is 1. The molecule has 124 valence electrons. The van der Waals surface area contributed by atoms with Crippen molar-refractivity contribution in [2.75, 3.05) is 18.6 Å². The predicted octanol–water partition coefficient (Wildman–Crippen LogP) is 4.34. The number of hydrogen-bond donors (Lipinski definition) is 0. The number of ether oxygens (including phenoxy) is 1. The molecule has 1 unspecified atom stereocenters. The van der Waals surface area contributed by atoms with E-state index in [1.54, 1.807) is 14.0 Å². The highest BCUT2D eigenvalue weighted by atomic mass is 35.5. The number of halogens is 1. The fourth-order valence-electron chi connectivity index (χ4n) is 4.38. The largest absolute Gasteiger partial charge is 0.497 e. The van der Waals surface area contributed by atoms with Gasteiger partial charge in [-0.25, -0.2) is 0 Å². The van der Waals surface area contributed by atoms with Crippen molar-refractivity contribution in [2.24, 2.45) is 0 Å². The van der Waals surface area contributed by atoms with Crippen LogP contribution < -0.4 is 9.64 Å². The first-order valence-corrected chi connectivity index (χ1v) is 8.68. The Hall–Kier alpha value is -2.00. The summed E-state index contributed by atoms with van der Waals surface area (Å²) in [6.07, 6.45) is 3.20. The van der Waals surface area contributed by atoms with E-state index in [1.807, 2.05) is 23.1 Å². The fraction of sp³-hybridized carbons (Fsp3) is 0.350. The molecule has 1 atom stereocenters. The minimum atomic E-state index is -0.133. The maximum atomic E-state index is 12.2. The third-order valence-corrected chi connectivity index (χ3v) is 5.69. The third-order valence-electron chi connectivity index (χ3n) is 5.45. The van der Waals surface area contributed by atoms with Crippen LogP contribution in [-0.4, -0.2) is 19.6 Å². The second-order valence-electron chi connectivity index (χ2n) is 6.73. The second kappa shape index (κ2) is 5.52. The van der Waals surface area contributed by atoms with E-state index in [0.29, 0.717) is 11.6 Å². The van der Waals surface area contributed by atoms with Crippen molar-refractivity contribution in [1.82, 2.24) is 0 Å². The van der Waals surface area contributed by atoms with Gasteiger partial charge in [0.15, 0.2) is 0 Å². The number of benzene rings is 2. The Morgan fingerprint density at radius 3 is 2.75 bits per heavy atom. The highest BCUT2D eigenvalue weighted by Crippen LogP contribution is 2.52. The molecule has 24 heavy (non-hydrogen) atoms. The van der Waals surface area contributed by atoms with Crippen LogP contribution in [0.1, 0.15) is 36.5 Å². The van der Waals surface area contributed by atoms with Crippen molar-refractivity contribution < 1.29 is 9.53 Å². The number of carbonyl (C=O) groups excluding carboxylic acids is 1. The molecule has 0 saturated heterocycles. The molecule has 3 nitrogen and oxygen atoms in total. The molecule has 0 saturated carbocycles. The maximum absolute atomic E-state index is 12.2. The molecule has 2 aromatic carbocycles. The first-order chi connectivity index (χ1) is 11.5. The summed E-state index contributed by atoms with van der Waals surface area (Å²) in [6.45, 7) is 2.32. The Morgan fingerprint density at radius 2 is 2.00 bits per heavy atom. The molecule has 0 fully saturated rings. The topological polar surface area (TPSA) is 29.5 Å². The average molecular weight is 342 g/mol. The molecule has 2 aromatic rings. The molecule has 1 amide bonds. The Labute approximate surface area is 147 Å². The van der Waals surface area contributed by atoms with Crippen LogP contribution >= 0.6 is 11.6 Å². The molecule has 1 spiro atoms. The number of hydrogen-bond acceptors (Lipinski definition) is 2. The van der Waals surface area contributed by atoms with Crippen molar-refractivity contribution in [3.63, 3.8) is 0 Å². The Bertz CT molecular complexity index is 832. The first-order valence-electron chi connectivity index (χ1n) is 8.31.